The number of fused-ring (bicyclic) bond motifs is 3. The van der Waals surface area contributed by atoms with Crippen LogP contribution in [0.5, 0.6) is 5.75 Å². The van der Waals surface area contributed by atoms with Crippen molar-refractivity contribution >= 4 is 0 Å². The van der Waals surface area contributed by atoms with Gasteiger partial charge in [-0.2, -0.15) is 0 Å². The van der Waals surface area contributed by atoms with Crippen LogP contribution in [0.15, 0.2) is 29.8 Å². The molecule has 1 aromatic carbocycles. The van der Waals surface area contributed by atoms with Gasteiger partial charge >= 0.3 is 0 Å². The molecule has 0 saturated carbocycles. The van der Waals surface area contributed by atoms with Gasteiger partial charge in [0, 0.05) is 18.5 Å². The van der Waals surface area contributed by atoms with Crippen LogP contribution in [0, 0.1) is 0 Å². The predicted molar refractivity (Wildman–Crippen MR) is 78.2 cm³/mol. The zero-order valence-corrected chi connectivity index (χ0v) is 11.7. The number of hydrogen-bond donors (Lipinski definition) is 1. The average Bonchev–Trinajstić information content (AvgIpc) is 2.92. The van der Waals surface area contributed by atoms with Gasteiger partial charge in [-0.25, -0.2) is 0 Å². The number of nitrogens with one attached hydrogen (secondary N) is 1. The molecule has 0 aromatic heterocycles. The zero-order valence-electron chi connectivity index (χ0n) is 11.7. The normalized spacial score (nSPS) is 27.7. The lowest BCUT2D eigenvalue weighted by atomic mass is 9.92. The molecule has 0 radical (unpaired) electrons. The average molecular weight is 271 g/mol. The summed E-state index contributed by atoms with van der Waals surface area (Å²) in [6.45, 7) is 2.54. The summed E-state index contributed by atoms with van der Waals surface area (Å²) in [6, 6.07) is 7.65. The van der Waals surface area contributed by atoms with Gasteiger partial charge in [-0.3, -0.25) is 0 Å². The molecule has 4 rings (SSSR count). The molecule has 3 aliphatic rings. The van der Waals surface area contributed by atoms with Crippen molar-refractivity contribution in [3.63, 3.8) is 0 Å². The summed E-state index contributed by atoms with van der Waals surface area (Å²) < 4.78 is 11.1. The Morgan fingerprint density at radius 2 is 2.20 bits per heavy atom. The summed E-state index contributed by atoms with van der Waals surface area (Å²) in [5.74, 6) is 1.08. The van der Waals surface area contributed by atoms with E-state index in [1.165, 1.54) is 17.5 Å². The van der Waals surface area contributed by atoms with Crippen LogP contribution in [0.4, 0.5) is 0 Å². The maximum absolute atomic E-state index is 5.58. The number of benzene rings is 1. The van der Waals surface area contributed by atoms with Crippen LogP contribution in [0.3, 0.4) is 0 Å². The van der Waals surface area contributed by atoms with E-state index < -0.39 is 0 Å². The van der Waals surface area contributed by atoms with Crippen molar-refractivity contribution in [2.75, 3.05) is 19.8 Å². The van der Waals surface area contributed by atoms with Crippen molar-refractivity contribution < 1.29 is 9.47 Å². The molecule has 3 heterocycles. The second-order valence-electron chi connectivity index (χ2n) is 6.08. The molecule has 20 heavy (non-hydrogen) atoms. The van der Waals surface area contributed by atoms with Crippen molar-refractivity contribution in [1.82, 2.24) is 5.32 Å². The third-order valence-corrected chi connectivity index (χ3v) is 4.50. The van der Waals surface area contributed by atoms with E-state index in [4.69, 9.17) is 9.47 Å². The number of aryl methyl sites for hydroxylation is 1. The smallest absolute Gasteiger partial charge is 0.122 e. The number of hydrogen-bond acceptors (Lipinski definition) is 3. The Labute approximate surface area is 120 Å². The molecule has 3 aliphatic heterocycles. The molecule has 1 fully saturated rings. The van der Waals surface area contributed by atoms with Gasteiger partial charge in [0.15, 0.2) is 0 Å². The van der Waals surface area contributed by atoms with Gasteiger partial charge in [0.2, 0.25) is 0 Å². The molecule has 1 aromatic rings. The summed E-state index contributed by atoms with van der Waals surface area (Å²) in [4.78, 5) is 0. The van der Waals surface area contributed by atoms with Crippen molar-refractivity contribution in [3.8, 4) is 5.75 Å². The Hall–Kier alpha value is -1.32. The summed E-state index contributed by atoms with van der Waals surface area (Å²) >= 11 is 0. The van der Waals surface area contributed by atoms with Gasteiger partial charge in [0.05, 0.1) is 19.8 Å². The SMILES string of the molecule is C1=C(CCc2ccc3c(c2)CCO3)CC2COCC1N2. The summed E-state index contributed by atoms with van der Waals surface area (Å²) in [7, 11) is 0. The van der Waals surface area contributed by atoms with Gasteiger partial charge in [0.25, 0.3) is 0 Å². The standard InChI is InChI=1S/C17H21NO2/c1(12-3-4-17-14(7-12)5-6-20-17)2-13-8-15-10-19-11-16(9-13)18-15/h3-4,7-8,15-16,18H,1-2,5-6,9-11H2. The Morgan fingerprint density at radius 1 is 1.20 bits per heavy atom. The summed E-state index contributed by atoms with van der Waals surface area (Å²) in [6.07, 6.45) is 6.90. The van der Waals surface area contributed by atoms with Crippen LogP contribution >= 0.6 is 0 Å². The molecule has 106 valence electrons. The first-order valence-corrected chi connectivity index (χ1v) is 7.65. The minimum Gasteiger partial charge on any atom is -0.493 e. The van der Waals surface area contributed by atoms with Gasteiger partial charge in [0.1, 0.15) is 5.75 Å². The van der Waals surface area contributed by atoms with E-state index in [1.807, 2.05) is 0 Å². The van der Waals surface area contributed by atoms with E-state index in [-0.39, 0.29) is 0 Å². The highest BCUT2D eigenvalue weighted by molar-refractivity contribution is 5.40. The Bertz CT molecular complexity index is 538. The minimum atomic E-state index is 0.436. The van der Waals surface area contributed by atoms with Crippen LogP contribution in [-0.4, -0.2) is 31.9 Å². The van der Waals surface area contributed by atoms with Crippen molar-refractivity contribution in [3.05, 3.63) is 41.0 Å². The van der Waals surface area contributed by atoms with Crippen LogP contribution < -0.4 is 10.1 Å². The first-order chi connectivity index (χ1) is 9.87. The molecule has 0 aliphatic carbocycles. The highest BCUT2D eigenvalue weighted by Gasteiger charge is 2.25. The monoisotopic (exact) mass is 271 g/mol. The van der Waals surface area contributed by atoms with E-state index in [0.29, 0.717) is 12.1 Å². The molecular formula is C17H21NO2. The van der Waals surface area contributed by atoms with Crippen molar-refractivity contribution in [2.24, 2.45) is 0 Å². The van der Waals surface area contributed by atoms with E-state index >= 15 is 0 Å². The summed E-state index contributed by atoms with van der Waals surface area (Å²) in [5.41, 5.74) is 4.42. The van der Waals surface area contributed by atoms with Gasteiger partial charge < -0.3 is 14.8 Å². The third-order valence-electron chi connectivity index (χ3n) is 4.50. The number of ether oxygens (including phenoxy) is 2. The second kappa shape index (κ2) is 5.23. The molecule has 2 bridgehead atoms. The van der Waals surface area contributed by atoms with Crippen LogP contribution in [0.2, 0.25) is 0 Å². The van der Waals surface area contributed by atoms with E-state index in [9.17, 15) is 0 Å². The van der Waals surface area contributed by atoms with Gasteiger partial charge in [-0.05, 0) is 36.5 Å². The molecule has 1 saturated heterocycles. The molecular weight excluding hydrogens is 250 g/mol. The largest absolute Gasteiger partial charge is 0.493 e. The summed E-state index contributed by atoms with van der Waals surface area (Å²) in [5, 5.41) is 3.60. The maximum Gasteiger partial charge on any atom is 0.122 e. The van der Waals surface area contributed by atoms with E-state index in [0.717, 1.165) is 44.8 Å². The first-order valence-electron chi connectivity index (χ1n) is 7.65. The molecule has 1 N–H and O–H groups in total. The molecule has 2 unspecified atom stereocenters. The number of rotatable bonds is 3. The quantitative estimate of drug-likeness (QED) is 0.855. The highest BCUT2D eigenvalue weighted by Crippen LogP contribution is 2.27. The van der Waals surface area contributed by atoms with Crippen molar-refractivity contribution in [2.45, 2.75) is 37.8 Å². The second-order valence-corrected chi connectivity index (χ2v) is 6.08. The highest BCUT2D eigenvalue weighted by atomic mass is 16.5. The molecule has 0 spiro atoms. The maximum atomic E-state index is 5.58. The Kier molecular flexibility index (Phi) is 3.25. The predicted octanol–water partition coefficient (Wildman–Crippen LogP) is 2.24. The zero-order chi connectivity index (χ0) is 13.4. The van der Waals surface area contributed by atoms with Crippen LogP contribution in [0.25, 0.3) is 0 Å². The molecule has 0 amide bonds. The van der Waals surface area contributed by atoms with E-state index in [2.05, 4.69) is 29.6 Å². The Balaban J connectivity index is 1.42. The lowest BCUT2D eigenvalue weighted by molar-refractivity contribution is 0.0526. The van der Waals surface area contributed by atoms with E-state index in [1.54, 1.807) is 5.57 Å². The van der Waals surface area contributed by atoms with Crippen LogP contribution in [-0.2, 0) is 17.6 Å². The lowest BCUT2D eigenvalue weighted by Gasteiger charge is -2.35. The first kappa shape index (κ1) is 12.4. The fourth-order valence-corrected chi connectivity index (χ4v) is 3.51. The fraction of sp³-hybridized carbons (Fsp3) is 0.529. The molecule has 3 heteroatoms. The molecule has 3 nitrogen and oxygen atoms in total. The third kappa shape index (κ3) is 2.48. The van der Waals surface area contributed by atoms with Gasteiger partial charge in [-0.15, -0.1) is 0 Å². The lowest BCUT2D eigenvalue weighted by Crippen LogP contribution is -2.50. The minimum absolute atomic E-state index is 0.436. The number of morpholine rings is 1. The fourth-order valence-electron chi connectivity index (χ4n) is 3.51. The Morgan fingerprint density at radius 3 is 3.15 bits per heavy atom. The van der Waals surface area contributed by atoms with Crippen LogP contribution in [0.1, 0.15) is 24.0 Å². The topological polar surface area (TPSA) is 30.5 Å². The van der Waals surface area contributed by atoms with Gasteiger partial charge in [-0.1, -0.05) is 23.8 Å². The van der Waals surface area contributed by atoms with Crippen molar-refractivity contribution in [1.29, 1.82) is 0 Å². The molecule has 2 atom stereocenters.